The average Bonchev–Trinajstić information content (AvgIpc) is 2.63. The minimum atomic E-state index is -0.627. The van der Waals surface area contributed by atoms with Gasteiger partial charge in [-0.3, -0.25) is 4.79 Å². The molecule has 2 aliphatic carbocycles. The van der Waals surface area contributed by atoms with Crippen LogP contribution in [0.15, 0.2) is 0 Å². The van der Waals surface area contributed by atoms with Crippen LogP contribution in [0.5, 0.6) is 0 Å². The Morgan fingerprint density at radius 1 is 1.19 bits per heavy atom. The highest BCUT2D eigenvalue weighted by molar-refractivity contribution is 5.75. The van der Waals surface area contributed by atoms with Crippen LogP contribution >= 0.6 is 0 Å². The first-order valence-electron chi connectivity index (χ1n) is 6.62. The third-order valence-electron chi connectivity index (χ3n) is 4.49. The smallest absolute Gasteiger partial charge is 0.310 e. The van der Waals surface area contributed by atoms with Gasteiger partial charge in [0.1, 0.15) is 0 Å². The summed E-state index contributed by atoms with van der Waals surface area (Å²) in [5, 5.41) is 12.9. The Labute approximate surface area is 97.6 Å². The molecule has 2 unspecified atom stereocenters. The summed E-state index contributed by atoms with van der Waals surface area (Å²) in [6, 6.07) is 0.753. The average molecular weight is 225 g/mol. The van der Waals surface area contributed by atoms with E-state index in [1.54, 1.807) is 0 Å². The molecule has 0 aliphatic heterocycles. The van der Waals surface area contributed by atoms with Crippen LogP contribution in [0.2, 0.25) is 0 Å². The molecule has 2 atom stereocenters. The van der Waals surface area contributed by atoms with Crippen molar-refractivity contribution in [2.75, 3.05) is 0 Å². The molecule has 0 saturated heterocycles. The van der Waals surface area contributed by atoms with Crippen LogP contribution in [0, 0.1) is 5.41 Å². The topological polar surface area (TPSA) is 49.3 Å². The monoisotopic (exact) mass is 225 g/mol. The Balaban J connectivity index is 1.95. The van der Waals surface area contributed by atoms with Gasteiger partial charge in [-0.2, -0.15) is 0 Å². The predicted molar refractivity (Wildman–Crippen MR) is 63.4 cm³/mol. The van der Waals surface area contributed by atoms with Crippen molar-refractivity contribution >= 4 is 5.97 Å². The molecule has 0 spiro atoms. The quantitative estimate of drug-likeness (QED) is 0.776. The Hall–Kier alpha value is -0.570. The second-order valence-electron chi connectivity index (χ2n) is 5.67. The maximum Gasteiger partial charge on any atom is 0.310 e. The van der Waals surface area contributed by atoms with Crippen molar-refractivity contribution in [2.45, 2.75) is 70.4 Å². The fourth-order valence-electron chi connectivity index (χ4n) is 3.24. The molecule has 0 aromatic rings. The summed E-state index contributed by atoms with van der Waals surface area (Å²) in [6.07, 6.45) is 9.30. The van der Waals surface area contributed by atoms with Crippen molar-refractivity contribution in [3.63, 3.8) is 0 Å². The van der Waals surface area contributed by atoms with E-state index in [9.17, 15) is 9.90 Å². The minimum absolute atomic E-state index is 0.188. The summed E-state index contributed by atoms with van der Waals surface area (Å²) < 4.78 is 0. The third-order valence-corrected chi connectivity index (χ3v) is 4.49. The number of aliphatic carboxylic acids is 1. The molecule has 0 aromatic heterocycles. The first-order valence-corrected chi connectivity index (χ1v) is 6.62. The van der Waals surface area contributed by atoms with Gasteiger partial charge in [0, 0.05) is 12.1 Å². The lowest BCUT2D eigenvalue weighted by Gasteiger charge is -2.33. The Morgan fingerprint density at radius 2 is 1.88 bits per heavy atom. The van der Waals surface area contributed by atoms with Crippen LogP contribution in [0.3, 0.4) is 0 Å². The second kappa shape index (κ2) is 4.74. The Kier molecular flexibility index (Phi) is 3.53. The summed E-state index contributed by atoms with van der Waals surface area (Å²) in [7, 11) is 0. The SMILES string of the molecule is CC1(C(=O)O)CCCC1NC1CCCCC1. The van der Waals surface area contributed by atoms with Crippen LogP contribution in [0.4, 0.5) is 0 Å². The minimum Gasteiger partial charge on any atom is -0.481 e. The predicted octanol–water partition coefficient (Wildman–Crippen LogP) is 2.55. The second-order valence-corrected chi connectivity index (χ2v) is 5.67. The maximum absolute atomic E-state index is 11.3. The molecule has 2 N–H and O–H groups in total. The van der Waals surface area contributed by atoms with E-state index in [0.717, 1.165) is 19.3 Å². The van der Waals surface area contributed by atoms with Crippen LogP contribution in [0.25, 0.3) is 0 Å². The first kappa shape index (κ1) is 11.9. The fraction of sp³-hybridized carbons (Fsp3) is 0.923. The van der Waals surface area contributed by atoms with Gasteiger partial charge in [0.25, 0.3) is 0 Å². The molecule has 2 rings (SSSR count). The number of rotatable bonds is 3. The van der Waals surface area contributed by atoms with Gasteiger partial charge in [0.05, 0.1) is 5.41 Å². The van der Waals surface area contributed by atoms with E-state index in [-0.39, 0.29) is 6.04 Å². The van der Waals surface area contributed by atoms with Crippen LogP contribution in [0.1, 0.15) is 58.3 Å². The molecular weight excluding hydrogens is 202 g/mol. The lowest BCUT2D eigenvalue weighted by molar-refractivity contribution is -0.148. The van der Waals surface area contributed by atoms with Gasteiger partial charge in [-0.05, 0) is 32.6 Å². The molecule has 2 fully saturated rings. The van der Waals surface area contributed by atoms with Crippen molar-refractivity contribution in [1.29, 1.82) is 0 Å². The third kappa shape index (κ3) is 2.24. The summed E-state index contributed by atoms with van der Waals surface area (Å²) in [5.41, 5.74) is -0.530. The van der Waals surface area contributed by atoms with Gasteiger partial charge in [-0.25, -0.2) is 0 Å². The van der Waals surface area contributed by atoms with Gasteiger partial charge < -0.3 is 10.4 Å². The molecule has 0 heterocycles. The zero-order valence-corrected chi connectivity index (χ0v) is 10.2. The molecule has 0 bridgehead atoms. The Morgan fingerprint density at radius 3 is 2.50 bits per heavy atom. The van der Waals surface area contributed by atoms with E-state index in [2.05, 4.69) is 5.32 Å². The number of nitrogens with one attached hydrogen (secondary N) is 1. The number of hydrogen-bond donors (Lipinski definition) is 2. The van der Waals surface area contributed by atoms with Gasteiger partial charge in [0.15, 0.2) is 0 Å². The van der Waals surface area contributed by atoms with Gasteiger partial charge in [0.2, 0.25) is 0 Å². The van der Waals surface area contributed by atoms with E-state index in [4.69, 9.17) is 0 Å². The standard InChI is InChI=1S/C13H23NO2/c1-13(12(15)16)9-5-8-11(13)14-10-6-3-2-4-7-10/h10-11,14H,2-9H2,1H3,(H,15,16). The lowest BCUT2D eigenvalue weighted by Crippen LogP contribution is -2.49. The van der Waals surface area contributed by atoms with Crippen molar-refractivity contribution in [3.05, 3.63) is 0 Å². The summed E-state index contributed by atoms with van der Waals surface area (Å²) in [4.78, 5) is 11.3. The molecule has 0 amide bonds. The van der Waals surface area contributed by atoms with E-state index >= 15 is 0 Å². The Bertz CT molecular complexity index is 261. The summed E-state index contributed by atoms with van der Waals surface area (Å²) in [5.74, 6) is -0.627. The van der Waals surface area contributed by atoms with Gasteiger partial charge in [-0.1, -0.05) is 25.7 Å². The zero-order chi connectivity index (χ0) is 11.6. The fourth-order valence-corrected chi connectivity index (χ4v) is 3.24. The number of carboxylic acids is 1. The number of carboxylic acid groups (broad SMARTS) is 1. The largest absolute Gasteiger partial charge is 0.481 e. The molecule has 2 aliphatic rings. The van der Waals surface area contributed by atoms with Crippen LogP contribution in [-0.2, 0) is 4.79 Å². The molecule has 2 saturated carbocycles. The summed E-state index contributed by atoms with van der Waals surface area (Å²) >= 11 is 0. The molecule has 0 radical (unpaired) electrons. The van der Waals surface area contributed by atoms with E-state index < -0.39 is 11.4 Å². The van der Waals surface area contributed by atoms with E-state index in [1.165, 1.54) is 32.1 Å². The molecule has 3 nitrogen and oxygen atoms in total. The molecule has 92 valence electrons. The number of carbonyl (C=O) groups is 1. The zero-order valence-electron chi connectivity index (χ0n) is 10.2. The normalized spacial score (nSPS) is 36.4. The van der Waals surface area contributed by atoms with E-state index in [0.29, 0.717) is 6.04 Å². The van der Waals surface area contributed by atoms with Crippen molar-refractivity contribution in [3.8, 4) is 0 Å². The molecule has 0 aromatic carbocycles. The van der Waals surface area contributed by atoms with Crippen molar-refractivity contribution in [1.82, 2.24) is 5.32 Å². The highest BCUT2D eigenvalue weighted by Gasteiger charge is 2.45. The van der Waals surface area contributed by atoms with Crippen molar-refractivity contribution < 1.29 is 9.90 Å². The first-order chi connectivity index (χ1) is 7.63. The van der Waals surface area contributed by atoms with Crippen molar-refractivity contribution in [2.24, 2.45) is 5.41 Å². The highest BCUT2D eigenvalue weighted by atomic mass is 16.4. The molecular formula is C13H23NO2. The van der Waals surface area contributed by atoms with Gasteiger partial charge in [-0.15, -0.1) is 0 Å². The van der Waals surface area contributed by atoms with Crippen LogP contribution in [-0.4, -0.2) is 23.2 Å². The highest BCUT2D eigenvalue weighted by Crippen LogP contribution is 2.39. The lowest BCUT2D eigenvalue weighted by atomic mass is 9.83. The van der Waals surface area contributed by atoms with Gasteiger partial charge >= 0.3 is 5.97 Å². The number of hydrogen-bond acceptors (Lipinski definition) is 2. The van der Waals surface area contributed by atoms with Crippen LogP contribution < -0.4 is 5.32 Å². The molecule has 16 heavy (non-hydrogen) atoms. The molecule has 3 heteroatoms. The van der Waals surface area contributed by atoms with E-state index in [1.807, 2.05) is 6.92 Å². The summed E-state index contributed by atoms with van der Waals surface area (Å²) in [6.45, 7) is 1.91. The maximum atomic E-state index is 11.3.